The zero-order valence-electron chi connectivity index (χ0n) is 19.8. The molecule has 2 amide bonds. The zero-order valence-corrected chi connectivity index (χ0v) is 20.6. The van der Waals surface area contributed by atoms with Gasteiger partial charge in [-0.25, -0.2) is 9.97 Å². The minimum Gasteiger partial charge on any atom is -0.494 e. The van der Waals surface area contributed by atoms with Gasteiger partial charge < -0.3 is 24.2 Å². The second-order valence-electron chi connectivity index (χ2n) is 8.43. The number of nitrogens with zero attached hydrogens (tertiary/aromatic N) is 5. The Balaban J connectivity index is 1.35. The van der Waals surface area contributed by atoms with Crippen LogP contribution in [0.5, 0.6) is 5.75 Å². The summed E-state index contributed by atoms with van der Waals surface area (Å²) in [5.41, 5.74) is 2.30. The molecule has 1 N–H and O–H groups in total. The molecule has 0 spiro atoms. The zero-order chi connectivity index (χ0) is 24.4. The molecular weight excluding hydrogens is 468 g/mol. The summed E-state index contributed by atoms with van der Waals surface area (Å²) in [5.74, 6) is 1.23. The number of pyridine rings is 1. The molecule has 35 heavy (non-hydrogen) atoms. The van der Waals surface area contributed by atoms with Crippen molar-refractivity contribution in [3.8, 4) is 5.75 Å². The number of fused-ring (bicyclic) bond motifs is 1. The fourth-order valence-corrected chi connectivity index (χ4v) is 5.41. The average molecular weight is 497 g/mol. The van der Waals surface area contributed by atoms with E-state index in [2.05, 4.69) is 25.1 Å². The van der Waals surface area contributed by atoms with Crippen LogP contribution in [0.3, 0.4) is 0 Å². The molecule has 0 aliphatic carbocycles. The van der Waals surface area contributed by atoms with Gasteiger partial charge in [-0.1, -0.05) is 11.3 Å². The quantitative estimate of drug-likeness (QED) is 0.575. The van der Waals surface area contributed by atoms with Crippen molar-refractivity contribution in [2.24, 2.45) is 0 Å². The summed E-state index contributed by atoms with van der Waals surface area (Å²) in [6.07, 6.45) is 1.64. The van der Waals surface area contributed by atoms with E-state index in [0.717, 1.165) is 34.8 Å². The Morgan fingerprint density at radius 1 is 1.06 bits per heavy atom. The monoisotopic (exact) mass is 496 g/mol. The largest absolute Gasteiger partial charge is 0.494 e. The third kappa shape index (κ3) is 4.87. The highest BCUT2D eigenvalue weighted by Crippen LogP contribution is 2.39. The Labute approximate surface area is 207 Å². The van der Waals surface area contributed by atoms with Gasteiger partial charge in [0.25, 0.3) is 5.91 Å². The van der Waals surface area contributed by atoms with E-state index in [1.165, 1.54) is 11.3 Å². The molecule has 0 radical (unpaired) electrons. The normalized spacial score (nSPS) is 16.5. The van der Waals surface area contributed by atoms with Crippen LogP contribution < -0.4 is 19.9 Å². The highest BCUT2D eigenvalue weighted by atomic mass is 32.1. The number of methoxy groups -OCH3 is 1. The Morgan fingerprint density at radius 3 is 2.54 bits per heavy atom. The lowest BCUT2D eigenvalue weighted by atomic mass is 10.2. The van der Waals surface area contributed by atoms with Gasteiger partial charge in [-0.05, 0) is 24.3 Å². The first kappa shape index (κ1) is 23.3. The second-order valence-corrected chi connectivity index (χ2v) is 9.43. The molecule has 2 aliphatic heterocycles. The number of rotatable bonds is 5. The molecule has 0 unspecified atom stereocenters. The van der Waals surface area contributed by atoms with E-state index in [1.54, 1.807) is 32.4 Å². The minimum absolute atomic E-state index is 0.0787. The summed E-state index contributed by atoms with van der Waals surface area (Å²) in [4.78, 5) is 40.0. The number of anilines is 3. The van der Waals surface area contributed by atoms with E-state index >= 15 is 0 Å². The summed E-state index contributed by atoms with van der Waals surface area (Å²) in [5, 5.41) is 3.46. The standard InChI is InChI=1S/C24H28N6O4S/c1-16(31)28-7-9-30(10-8-28)20-15-17(5-6-25-20)23(32)27-24-26-21-19(33-2)4-3-18(22(21)35-24)29-11-13-34-14-12-29/h3-6,15H,7-14H2,1-2H3,(H,26,27,32). The lowest BCUT2D eigenvalue weighted by Gasteiger charge is -2.35. The van der Waals surface area contributed by atoms with Crippen molar-refractivity contribution in [3.05, 3.63) is 36.0 Å². The molecule has 2 fully saturated rings. The molecule has 0 saturated carbocycles. The number of nitrogens with one attached hydrogen (secondary N) is 1. The van der Waals surface area contributed by atoms with Crippen molar-refractivity contribution in [2.75, 3.05) is 74.7 Å². The van der Waals surface area contributed by atoms with Gasteiger partial charge in [-0.2, -0.15) is 0 Å². The number of carbonyl (C=O) groups excluding carboxylic acids is 2. The molecule has 3 aromatic rings. The van der Waals surface area contributed by atoms with Crippen LogP contribution in [0.15, 0.2) is 30.5 Å². The summed E-state index contributed by atoms with van der Waals surface area (Å²) in [6, 6.07) is 7.43. The van der Waals surface area contributed by atoms with Crippen LogP contribution >= 0.6 is 11.3 Å². The third-order valence-electron chi connectivity index (χ3n) is 6.33. The van der Waals surface area contributed by atoms with Crippen LogP contribution in [0, 0.1) is 0 Å². The molecule has 2 saturated heterocycles. The molecule has 2 aromatic heterocycles. The maximum absolute atomic E-state index is 13.1. The molecule has 5 rings (SSSR count). The highest BCUT2D eigenvalue weighted by Gasteiger charge is 2.22. The second kappa shape index (κ2) is 10.0. The Hall–Kier alpha value is -3.44. The SMILES string of the molecule is COc1ccc(N2CCOCC2)c2sc(NC(=O)c3ccnc(N4CCN(C(C)=O)CC4)c3)nc12. The number of thiazole rings is 1. The van der Waals surface area contributed by atoms with E-state index in [-0.39, 0.29) is 11.8 Å². The van der Waals surface area contributed by atoms with E-state index in [0.29, 0.717) is 55.8 Å². The van der Waals surface area contributed by atoms with Crippen LogP contribution in [0.25, 0.3) is 10.2 Å². The lowest BCUT2D eigenvalue weighted by Crippen LogP contribution is -2.48. The van der Waals surface area contributed by atoms with Gasteiger partial charge in [0.1, 0.15) is 17.1 Å². The molecule has 4 heterocycles. The van der Waals surface area contributed by atoms with Gasteiger partial charge in [0, 0.05) is 58.0 Å². The fraction of sp³-hybridized carbons (Fsp3) is 0.417. The van der Waals surface area contributed by atoms with Crippen LogP contribution in [0.2, 0.25) is 0 Å². The summed E-state index contributed by atoms with van der Waals surface area (Å²) in [7, 11) is 1.62. The summed E-state index contributed by atoms with van der Waals surface area (Å²) in [6.45, 7) is 7.22. The first-order valence-electron chi connectivity index (χ1n) is 11.6. The molecule has 1 aromatic carbocycles. The van der Waals surface area contributed by atoms with Crippen LogP contribution in [-0.2, 0) is 9.53 Å². The van der Waals surface area contributed by atoms with Gasteiger partial charge in [-0.3, -0.25) is 14.9 Å². The molecule has 11 heteroatoms. The van der Waals surface area contributed by atoms with Crippen molar-refractivity contribution in [1.29, 1.82) is 0 Å². The van der Waals surface area contributed by atoms with Crippen molar-refractivity contribution in [2.45, 2.75) is 6.92 Å². The third-order valence-corrected chi connectivity index (χ3v) is 7.33. The maximum atomic E-state index is 13.1. The number of benzene rings is 1. The molecule has 2 aliphatic rings. The molecular formula is C24H28N6O4S. The molecule has 0 bridgehead atoms. The van der Waals surface area contributed by atoms with E-state index in [1.807, 2.05) is 17.0 Å². The molecule has 184 valence electrons. The number of amides is 2. The predicted molar refractivity (Wildman–Crippen MR) is 136 cm³/mol. The topological polar surface area (TPSA) is 100 Å². The Kier molecular flexibility index (Phi) is 6.69. The van der Waals surface area contributed by atoms with Crippen molar-refractivity contribution >= 4 is 50.0 Å². The van der Waals surface area contributed by atoms with Gasteiger partial charge in [0.2, 0.25) is 5.91 Å². The van der Waals surface area contributed by atoms with Crippen molar-refractivity contribution in [1.82, 2.24) is 14.9 Å². The number of ether oxygens (including phenoxy) is 2. The smallest absolute Gasteiger partial charge is 0.257 e. The maximum Gasteiger partial charge on any atom is 0.257 e. The van der Waals surface area contributed by atoms with E-state index in [9.17, 15) is 9.59 Å². The minimum atomic E-state index is -0.248. The Morgan fingerprint density at radius 2 is 1.83 bits per heavy atom. The molecule has 10 nitrogen and oxygen atoms in total. The first-order chi connectivity index (χ1) is 17.0. The Bertz CT molecular complexity index is 1230. The van der Waals surface area contributed by atoms with Crippen molar-refractivity contribution < 1.29 is 19.1 Å². The number of morpholine rings is 1. The lowest BCUT2D eigenvalue weighted by molar-refractivity contribution is -0.129. The number of carbonyl (C=O) groups is 2. The average Bonchev–Trinajstić information content (AvgIpc) is 3.32. The van der Waals surface area contributed by atoms with Gasteiger partial charge >= 0.3 is 0 Å². The summed E-state index contributed by atoms with van der Waals surface area (Å²) >= 11 is 1.44. The number of aromatic nitrogens is 2. The molecule has 0 atom stereocenters. The van der Waals surface area contributed by atoms with Gasteiger partial charge in [0.05, 0.1) is 30.7 Å². The summed E-state index contributed by atoms with van der Waals surface area (Å²) < 4.78 is 12.0. The fourth-order valence-electron chi connectivity index (χ4n) is 4.39. The number of hydrogen-bond acceptors (Lipinski definition) is 9. The van der Waals surface area contributed by atoms with Crippen LogP contribution in [0.4, 0.5) is 16.6 Å². The van der Waals surface area contributed by atoms with Crippen molar-refractivity contribution in [3.63, 3.8) is 0 Å². The predicted octanol–water partition coefficient (Wildman–Crippen LogP) is 2.46. The van der Waals surface area contributed by atoms with E-state index < -0.39 is 0 Å². The van der Waals surface area contributed by atoms with Crippen LogP contribution in [-0.4, -0.2) is 86.3 Å². The number of hydrogen-bond donors (Lipinski definition) is 1. The van der Waals surface area contributed by atoms with Gasteiger partial charge in [-0.15, -0.1) is 0 Å². The van der Waals surface area contributed by atoms with Gasteiger partial charge in [0.15, 0.2) is 5.13 Å². The highest BCUT2D eigenvalue weighted by molar-refractivity contribution is 7.23. The van der Waals surface area contributed by atoms with E-state index in [4.69, 9.17) is 9.47 Å². The van der Waals surface area contributed by atoms with Crippen LogP contribution in [0.1, 0.15) is 17.3 Å². The first-order valence-corrected chi connectivity index (χ1v) is 12.4. The number of piperazine rings is 1.